The van der Waals surface area contributed by atoms with Crippen LogP contribution in [-0.2, 0) is 22.2 Å². The molecular weight excluding hydrogens is 404 g/mol. The first-order valence-corrected chi connectivity index (χ1v) is 8.47. The number of nitrogens with one attached hydrogen (secondary N) is 1. The molecule has 2 aromatic rings. The number of amides is 2. The standard InChI is InChI=1S/C18H15Cl2F3N2O2/c1-25(10-15(26)24-17-13(19)6-3-7-14(17)20)16(27)9-11-4-2-5-12(8-11)18(21,22)23/h2-8H,9-10H2,1H3,(H,24,26). The highest BCUT2D eigenvalue weighted by Crippen LogP contribution is 2.30. The first-order chi connectivity index (χ1) is 12.6. The van der Waals surface area contributed by atoms with Crippen molar-refractivity contribution in [1.29, 1.82) is 0 Å². The lowest BCUT2D eigenvalue weighted by Gasteiger charge is -2.18. The highest BCUT2D eigenvalue weighted by Gasteiger charge is 2.30. The van der Waals surface area contributed by atoms with E-state index in [4.69, 9.17) is 23.2 Å². The molecule has 0 atom stereocenters. The van der Waals surface area contributed by atoms with Crippen LogP contribution < -0.4 is 5.32 Å². The number of hydrogen-bond donors (Lipinski definition) is 1. The molecule has 2 amide bonds. The molecule has 2 aromatic carbocycles. The average molecular weight is 419 g/mol. The van der Waals surface area contributed by atoms with Crippen LogP contribution in [0, 0.1) is 0 Å². The molecule has 0 saturated heterocycles. The smallest absolute Gasteiger partial charge is 0.336 e. The summed E-state index contributed by atoms with van der Waals surface area (Å²) < 4.78 is 38.2. The van der Waals surface area contributed by atoms with Gasteiger partial charge in [-0.1, -0.05) is 47.5 Å². The van der Waals surface area contributed by atoms with Gasteiger partial charge in [0.15, 0.2) is 0 Å². The molecule has 0 heterocycles. The van der Waals surface area contributed by atoms with Crippen LogP contribution in [0.3, 0.4) is 0 Å². The number of carbonyl (C=O) groups excluding carboxylic acids is 2. The second-order valence-electron chi connectivity index (χ2n) is 5.77. The van der Waals surface area contributed by atoms with Crippen LogP contribution in [0.15, 0.2) is 42.5 Å². The summed E-state index contributed by atoms with van der Waals surface area (Å²) in [4.78, 5) is 25.4. The van der Waals surface area contributed by atoms with E-state index in [2.05, 4.69) is 5.32 Å². The third-order valence-corrected chi connectivity index (χ3v) is 4.27. The predicted octanol–water partition coefficient (Wildman–Crippen LogP) is 4.65. The van der Waals surface area contributed by atoms with Crippen molar-refractivity contribution in [3.8, 4) is 0 Å². The van der Waals surface area contributed by atoms with Gasteiger partial charge in [0, 0.05) is 7.05 Å². The molecule has 0 spiro atoms. The summed E-state index contributed by atoms with van der Waals surface area (Å²) in [7, 11) is 1.38. The fourth-order valence-corrected chi connectivity index (χ4v) is 2.76. The summed E-state index contributed by atoms with van der Waals surface area (Å²) in [6.07, 6.45) is -4.75. The fraction of sp³-hybridized carbons (Fsp3) is 0.222. The van der Waals surface area contributed by atoms with Crippen molar-refractivity contribution in [2.75, 3.05) is 18.9 Å². The lowest BCUT2D eigenvalue weighted by atomic mass is 10.1. The molecule has 27 heavy (non-hydrogen) atoms. The Labute approximate surface area is 163 Å². The van der Waals surface area contributed by atoms with Gasteiger partial charge < -0.3 is 10.2 Å². The maximum absolute atomic E-state index is 12.7. The number of benzene rings is 2. The minimum absolute atomic E-state index is 0.205. The normalized spacial score (nSPS) is 11.2. The minimum Gasteiger partial charge on any atom is -0.336 e. The fourth-order valence-electron chi connectivity index (χ4n) is 2.27. The number of para-hydroxylation sites is 1. The van der Waals surface area contributed by atoms with Crippen molar-refractivity contribution < 1.29 is 22.8 Å². The Morgan fingerprint density at radius 1 is 1.07 bits per heavy atom. The van der Waals surface area contributed by atoms with Crippen molar-refractivity contribution in [3.63, 3.8) is 0 Å². The largest absolute Gasteiger partial charge is 0.416 e. The maximum Gasteiger partial charge on any atom is 0.416 e. The first-order valence-electron chi connectivity index (χ1n) is 7.72. The summed E-state index contributed by atoms with van der Waals surface area (Å²) in [5.41, 5.74) is -0.401. The third kappa shape index (κ3) is 5.87. The van der Waals surface area contributed by atoms with Crippen LogP contribution in [0.2, 0.25) is 10.0 Å². The molecule has 144 valence electrons. The van der Waals surface area contributed by atoms with E-state index in [0.717, 1.165) is 17.0 Å². The minimum atomic E-state index is -4.49. The van der Waals surface area contributed by atoms with Gasteiger partial charge in [0.2, 0.25) is 11.8 Å². The SMILES string of the molecule is CN(CC(=O)Nc1c(Cl)cccc1Cl)C(=O)Cc1cccc(C(F)(F)F)c1. The summed E-state index contributed by atoms with van der Waals surface area (Å²) >= 11 is 11.9. The van der Waals surface area contributed by atoms with Gasteiger partial charge >= 0.3 is 6.18 Å². The Kier molecular flexibility index (Phi) is 6.73. The van der Waals surface area contributed by atoms with Gasteiger partial charge in [-0.3, -0.25) is 9.59 Å². The molecule has 0 fully saturated rings. The second kappa shape index (κ2) is 8.63. The lowest BCUT2D eigenvalue weighted by molar-refractivity contribution is -0.137. The van der Waals surface area contributed by atoms with Crippen LogP contribution in [0.5, 0.6) is 0 Å². The molecule has 0 bridgehead atoms. The number of nitrogens with zero attached hydrogens (tertiary/aromatic N) is 1. The number of alkyl halides is 3. The van der Waals surface area contributed by atoms with E-state index in [1.807, 2.05) is 0 Å². The molecule has 0 saturated carbocycles. The van der Waals surface area contributed by atoms with Crippen molar-refractivity contribution in [3.05, 3.63) is 63.6 Å². The quantitative estimate of drug-likeness (QED) is 0.767. The molecular formula is C18H15Cl2F3N2O2. The topological polar surface area (TPSA) is 49.4 Å². The van der Waals surface area contributed by atoms with E-state index in [9.17, 15) is 22.8 Å². The highest BCUT2D eigenvalue weighted by atomic mass is 35.5. The van der Waals surface area contributed by atoms with Gasteiger partial charge in [-0.15, -0.1) is 0 Å². The van der Waals surface area contributed by atoms with Crippen LogP contribution in [0.25, 0.3) is 0 Å². The van der Waals surface area contributed by atoms with Gasteiger partial charge in [-0.25, -0.2) is 0 Å². The zero-order chi connectivity index (χ0) is 20.2. The van der Waals surface area contributed by atoms with E-state index < -0.39 is 23.6 Å². The summed E-state index contributed by atoms with van der Waals surface area (Å²) in [6, 6.07) is 9.21. The molecule has 0 unspecified atom stereocenters. The van der Waals surface area contributed by atoms with Crippen molar-refractivity contribution in [2.45, 2.75) is 12.6 Å². The summed E-state index contributed by atoms with van der Waals surface area (Å²) in [5, 5.41) is 3.00. The number of likely N-dealkylation sites (N-methyl/N-ethyl adjacent to an activating group) is 1. The van der Waals surface area contributed by atoms with E-state index in [0.29, 0.717) is 0 Å². The second-order valence-corrected chi connectivity index (χ2v) is 6.58. The van der Waals surface area contributed by atoms with Gasteiger partial charge in [-0.2, -0.15) is 13.2 Å². The van der Waals surface area contributed by atoms with Crippen LogP contribution in [0.1, 0.15) is 11.1 Å². The summed E-state index contributed by atoms with van der Waals surface area (Å²) in [5.74, 6) is -1.04. The van der Waals surface area contributed by atoms with Crippen LogP contribution >= 0.6 is 23.2 Å². The highest BCUT2D eigenvalue weighted by molar-refractivity contribution is 6.39. The predicted molar refractivity (Wildman–Crippen MR) is 97.9 cm³/mol. The first kappa shape index (κ1) is 21.1. The Balaban J connectivity index is 1.98. The van der Waals surface area contributed by atoms with Gasteiger partial charge in [0.25, 0.3) is 0 Å². The van der Waals surface area contributed by atoms with Crippen LogP contribution in [-0.4, -0.2) is 30.3 Å². The maximum atomic E-state index is 12.7. The monoisotopic (exact) mass is 418 g/mol. The number of carbonyl (C=O) groups is 2. The van der Waals surface area contributed by atoms with Gasteiger partial charge in [-0.05, 0) is 23.8 Å². The van der Waals surface area contributed by atoms with E-state index in [-0.39, 0.29) is 34.3 Å². The number of halogens is 5. The van der Waals surface area contributed by atoms with Gasteiger partial charge in [0.1, 0.15) is 0 Å². The van der Waals surface area contributed by atoms with Crippen molar-refractivity contribution in [2.24, 2.45) is 0 Å². The number of hydrogen-bond acceptors (Lipinski definition) is 2. The van der Waals surface area contributed by atoms with Crippen molar-refractivity contribution >= 4 is 40.7 Å². The molecule has 0 aliphatic rings. The third-order valence-electron chi connectivity index (χ3n) is 3.64. The molecule has 9 heteroatoms. The number of anilines is 1. The molecule has 0 aromatic heterocycles. The van der Waals surface area contributed by atoms with E-state index in [1.165, 1.54) is 19.2 Å². The Bertz CT molecular complexity index is 836. The zero-order valence-corrected chi connectivity index (χ0v) is 15.6. The van der Waals surface area contributed by atoms with E-state index >= 15 is 0 Å². The zero-order valence-electron chi connectivity index (χ0n) is 14.1. The molecule has 2 rings (SSSR count). The van der Waals surface area contributed by atoms with Gasteiger partial charge in [0.05, 0.1) is 34.3 Å². The van der Waals surface area contributed by atoms with Crippen molar-refractivity contribution in [1.82, 2.24) is 4.90 Å². The molecule has 1 N–H and O–H groups in total. The average Bonchev–Trinajstić information content (AvgIpc) is 2.57. The van der Waals surface area contributed by atoms with Crippen LogP contribution in [0.4, 0.5) is 18.9 Å². The summed E-state index contributed by atoms with van der Waals surface area (Å²) in [6.45, 7) is -0.306. The number of rotatable bonds is 5. The lowest BCUT2D eigenvalue weighted by Crippen LogP contribution is -2.35. The molecule has 0 radical (unpaired) electrons. The van der Waals surface area contributed by atoms with E-state index in [1.54, 1.807) is 18.2 Å². The Morgan fingerprint density at radius 3 is 2.26 bits per heavy atom. The molecule has 0 aliphatic heterocycles. The molecule has 0 aliphatic carbocycles. The molecule has 4 nitrogen and oxygen atoms in total. The Hall–Kier alpha value is -2.25. The Morgan fingerprint density at radius 2 is 1.67 bits per heavy atom.